The third-order valence-electron chi connectivity index (χ3n) is 3.03. The van der Waals surface area contributed by atoms with Gasteiger partial charge in [0, 0.05) is 5.56 Å². The van der Waals surface area contributed by atoms with Gasteiger partial charge in [0.2, 0.25) is 0 Å². The smallest absolute Gasteiger partial charge is 0.460 e. The molecule has 0 fully saturated rings. The molecular weight excluding hydrogens is 315 g/mol. The minimum atomic E-state index is -6.15. The number of carbonyl (C=O) groups is 1. The van der Waals surface area contributed by atoms with Crippen LogP contribution in [-0.2, 0) is 9.53 Å². The number of carbonyl (C=O) groups excluding carboxylic acids is 1. The molecule has 0 radical (unpaired) electrons. The van der Waals surface area contributed by atoms with E-state index in [4.69, 9.17) is 0 Å². The average Bonchev–Trinajstić information content (AvgIpc) is 2.44. The van der Waals surface area contributed by atoms with Crippen LogP contribution in [0.4, 0.5) is 22.0 Å². The maximum atomic E-state index is 13.7. The van der Waals surface area contributed by atoms with Crippen molar-refractivity contribution in [1.29, 1.82) is 0 Å². The lowest BCUT2D eigenvalue weighted by Crippen LogP contribution is -2.63. The summed E-state index contributed by atoms with van der Waals surface area (Å²) in [7, 11) is 0.774. The Kier molecular flexibility index (Phi) is 3.64. The number of benzene rings is 1. The van der Waals surface area contributed by atoms with Crippen LogP contribution in [0, 0.1) is 0 Å². The average molecular weight is 324 g/mol. The van der Waals surface area contributed by atoms with Gasteiger partial charge in [-0.15, -0.1) is 0 Å². The van der Waals surface area contributed by atoms with Crippen molar-refractivity contribution in [3.63, 3.8) is 0 Å². The molecule has 0 bridgehead atoms. The molecule has 1 aliphatic heterocycles. The first-order chi connectivity index (χ1) is 10.0. The van der Waals surface area contributed by atoms with Crippen LogP contribution in [0.15, 0.2) is 29.8 Å². The summed E-state index contributed by atoms with van der Waals surface area (Å²) in [4.78, 5) is 11.5. The zero-order valence-corrected chi connectivity index (χ0v) is 10.9. The summed E-state index contributed by atoms with van der Waals surface area (Å²) >= 11 is 0. The molecule has 1 atom stereocenters. The van der Waals surface area contributed by atoms with Crippen LogP contribution in [-0.4, -0.2) is 36.1 Å². The number of esters is 1. The number of ether oxygens (including phenoxy) is 2. The number of hydrogen-bond acceptors (Lipinski definition) is 4. The van der Waals surface area contributed by atoms with Crippen molar-refractivity contribution in [1.82, 2.24) is 0 Å². The molecule has 1 unspecified atom stereocenters. The van der Waals surface area contributed by atoms with Crippen molar-refractivity contribution in [2.45, 2.75) is 17.9 Å². The monoisotopic (exact) mass is 324 g/mol. The van der Waals surface area contributed by atoms with Crippen LogP contribution in [0.5, 0.6) is 5.75 Å². The molecule has 1 aromatic carbocycles. The summed E-state index contributed by atoms with van der Waals surface area (Å²) in [6.07, 6.45) is -5.48. The summed E-state index contributed by atoms with van der Waals surface area (Å²) < 4.78 is 73.8. The first-order valence-electron chi connectivity index (χ1n) is 5.80. The Bertz CT molecular complexity index is 638. The van der Waals surface area contributed by atoms with E-state index >= 15 is 0 Å². The van der Waals surface area contributed by atoms with Gasteiger partial charge in [0.05, 0.1) is 7.11 Å². The topological polar surface area (TPSA) is 55.8 Å². The summed E-state index contributed by atoms with van der Waals surface area (Å²) in [5.41, 5.74) is -1.30. The zero-order valence-electron chi connectivity index (χ0n) is 10.9. The van der Waals surface area contributed by atoms with Gasteiger partial charge < -0.3 is 14.6 Å². The summed E-state index contributed by atoms with van der Waals surface area (Å²) in [5.74, 6) is -12.0. The molecule has 0 saturated carbocycles. The molecule has 0 amide bonds. The van der Waals surface area contributed by atoms with Crippen molar-refractivity contribution in [3.05, 3.63) is 35.4 Å². The van der Waals surface area contributed by atoms with Gasteiger partial charge in [0.25, 0.3) is 0 Å². The van der Waals surface area contributed by atoms with Crippen molar-refractivity contribution < 1.29 is 41.3 Å². The Morgan fingerprint density at radius 1 is 1.23 bits per heavy atom. The molecule has 0 aliphatic carbocycles. The summed E-state index contributed by atoms with van der Waals surface area (Å²) in [5, 5.41) is 9.88. The predicted molar refractivity (Wildman–Crippen MR) is 63.0 cm³/mol. The Morgan fingerprint density at radius 3 is 2.36 bits per heavy atom. The highest BCUT2D eigenvalue weighted by Gasteiger charge is 2.75. The number of rotatable bonds is 2. The normalized spacial score (nSPS) is 21.5. The van der Waals surface area contributed by atoms with Crippen LogP contribution < -0.4 is 4.74 Å². The Hall–Kier alpha value is -2.16. The van der Waals surface area contributed by atoms with Crippen LogP contribution in [0.3, 0.4) is 0 Å². The minimum Gasteiger partial charge on any atom is -0.465 e. The SMILES string of the molecule is COC(=O)C1=Cc2ccccc2OC1(O)C(F)(F)C(F)(F)F. The standard InChI is InChI=1S/C13H9F5O4/c1-21-10(19)8-6-7-4-2-3-5-9(7)22-11(8,20)12(14,15)13(16,17)18/h2-6,20H,1H3. The second kappa shape index (κ2) is 4.94. The number of alkyl halides is 5. The van der Waals surface area contributed by atoms with Gasteiger partial charge >= 0.3 is 23.9 Å². The second-order valence-corrected chi connectivity index (χ2v) is 4.41. The fourth-order valence-corrected chi connectivity index (χ4v) is 1.89. The third-order valence-corrected chi connectivity index (χ3v) is 3.03. The quantitative estimate of drug-likeness (QED) is 0.671. The molecule has 1 N–H and O–H groups in total. The highest BCUT2D eigenvalue weighted by molar-refractivity contribution is 5.97. The highest BCUT2D eigenvalue weighted by atomic mass is 19.4. The van der Waals surface area contributed by atoms with E-state index in [2.05, 4.69) is 9.47 Å². The molecule has 1 heterocycles. The Labute approximate surface area is 120 Å². The van der Waals surface area contributed by atoms with Crippen LogP contribution >= 0.6 is 0 Å². The molecule has 22 heavy (non-hydrogen) atoms. The van der Waals surface area contributed by atoms with Gasteiger partial charge in [-0.1, -0.05) is 18.2 Å². The fourth-order valence-electron chi connectivity index (χ4n) is 1.89. The molecule has 4 nitrogen and oxygen atoms in total. The molecule has 2 rings (SSSR count). The highest BCUT2D eigenvalue weighted by Crippen LogP contribution is 2.50. The maximum Gasteiger partial charge on any atom is 0.460 e. The number of para-hydroxylation sites is 1. The Morgan fingerprint density at radius 2 is 1.82 bits per heavy atom. The van der Waals surface area contributed by atoms with E-state index in [-0.39, 0.29) is 5.56 Å². The molecule has 0 saturated heterocycles. The number of fused-ring (bicyclic) bond motifs is 1. The van der Waals surface area contributed by atoms with Crippen molar-refractivity contribution >= 4 is 12.0 Å². The van der Waals surface area contributed by atoms with Gasteiger partial charge in [-0.05, 0) is 12.1 Å². The van der Waals surface area contributed by atoms with Crippen molar-refractivity contribution in [2.75, 3.05) is 7.11 Å². The Balaban J connectivity index is 2.67. The molecule has 9 heteroatoms. The number of halogens is 5. The lowest BCUT2D eigenvalue weighted by Gasteiger charge is -2.39. The van der Waals surface area contributed by atoms with E-state index in [0.29, 0.717) is 6.08 Å². The van der Waals surface area contributed by atoms with E-state index in [0.717, 1.165) is 13.2 Å². The summed E-state index contributed by atoms with van der Waals surface area (Å²) in [6.45, 7) is 0. The largest absolute Gasteiger partial charge is 0.465 e. The molecule has 0 aromatic heterocycles. The zero-order chi connectivity index (χ0) is 16.8. The summed E-state index contributed by atoms with van der Waals surface area (Å²) in [6, 6.07) is 5.14. The van der Waals surface area contributed by atoms with Crippen molar-refractivity contribution in [2.24, 2.45) is 0 Å². The van der Waals surface area contributed by atoms with Crippen LogP contribution in [0.2, 0.25) is 0 Å². The van der Waals surface area contributed by atoms with Crippen molar-refractivity contribution in [3.8, 4) is 5.75 Å². The molecule has 1 aliphatic rings. The first-order valence-corrected chi connectivity index (χ1v) is 5.80. The molecule has 0 spiro atoms. The van der Waals surface area contributed by atoms with E-state index in [1.54, 1.807) is 0 Å². The minimum absolute atomic E-state index is 0.0468. The van der Waals surface area contributed by atoms with E-state index in [9.17, 15) is 31.9 Å². The van der Waals surface area contributed by atoms with E-state index in [1.165, 1.54) is 18.2 Å². The van der Waals surface area contributed by atoms with Gasteiger partial charge in [-0.25, -0.2) is 4.79 Å². The fraction of sp³-hybridized carbons (Fsp3) is 0.308. The van der Waals surface area contributed by atoms with Gasteiger partial charge in [-0.2, -0.15) is 22.0 Å². The van der Waals surface area contributed by atoms with Crippen LogP contribution in [0.1, 0.15) is 5.56 Å². The van der Waals surface area contributed by atoms with E-state index in [1.807, 2.05) is 0 Å². The molecular formula is C13H9F5O4. The lowest BCUT2D eigenvalue weighted by molar-refractivity contribution is -0.372. The predicted octanol–water partition coefficient (Wildman–Crippen LogP) is 2.52. The maximum absolute atomic E-state index is 13.7. The first kappa shape index (κ1) is 16.2. The van der Waals surface area contributed by atoms with Crippen LogP contribution in [0.25, 0.3) is 6.08 Å². The van der Waals surface area contributed by atoms with E-state index < -0.39 is 35.2 Å². The number of aliphatic hydroxyl groups is 1. The van der Waals surface area contributed by atoms with Gasteiger partial charge in [-0.3, -0.25) is 0 Å². The molecule has 120 valence electrons. The molecule has 1 aromatic rings. The lowest BCUT2D eigenvalue weighted by atomic mass is 9.93. The van der Waals surface area contributed by atoms with Gasteiger partial charge in [0.15, 0.2) is 0 Å². The third kappa shape index (κ3) is 2.21. The number of methoxy groups -OCH3 is 1. The van der Waals surface area contributed by atoms with Gasteiger partial charge in [0.1, 0.15) is 11.3 Å². The second-order valence-electron chi connectivity index (χ2n) is 4.41. The number of hydrogen-bond donors (Lipinski definition) is 1.